The van der Waals surface area contributed by atoms with Crippen LogP contribution >= 0.6 is 0 Å². The van der Waals surface area contributed by atoms with Crippen LogP contribution in [0.25, 0.3) is 10.8 Å². The Morgan fingerprint density at radius 2 is 1.72 bits per heavy atom. The number of nitrogens with zero attached hydrogens (tertiary/aromatic N) is 3. The standard InChI is InChI=1S/C24H21N5O3/c1-31-22(30)18-5-3-16(4-6-18)15-32-21-10-8-17-7-9-20(13-19(17)14-21)29(23(25)26)24-27-11-2-12-28-24/h2-14H,15H2,1H3,(H3,25,26). The number of hydrogen-bond acceptors (Lipinski definition) is 6. The number of methoxy groups -OCH3 is 1. The van der Waals surface area contributed by atoms with E-state index < -0.39 is 0 Å². The number of aromatic nitrogens is 2. The zero-order valence-corrected chi connectivity index (χ0v) is 17.4. The summed E-state index contributed by atoms with van der Waals surface area (Å²) in [5.74, 6) is 0.459. The minimum Gasteiger partial charge on any atom is -0.489 e. The van der Waals surface area contributed by atoms with Gasteiger partial charge in [-0.1, -0.05) is 24.3 Å². The maximum Gasteiger partial charge on any atom is 0.337 e. The molecule has 3 aromatic carbocycles. The summed E-state index contributed by atoms with van der Waals surface area (Å²) in [4.78, 5) is 21.4. The third-order valence-corrected chi connectivity index (χ3v) is 4.83. The van der Waals surface area contributed by atoms with E-state index in [0.717, 1.165) is 16.3 Å². The fourth-order valence-electron chi connectivity index (χ4n) is 3.23. The average molecular weight is 427 g/mol. The molecular formula is C24H21N5O3. The van der Waals surface area contributed by atoms with Crippen molar-refractivity contribution < 1.29 is 14.3 Å². The van der Waals surface area contributed by atoms with Crippen LogP contribution in [-0.2, 0) is 11.3 Å². The maximum absolute atomic E-state index is 11.6. The number of rotatable bonds is 6. The molecule has 0 aliphatic rings. The van der Waals surface area contributed by atoms with Crippen LogP contribution in [0.15, 0.2) is 79.1 Å². The van der Waals surface area contributed by atoms with Crippen molar-refractivity contribution in [2.75, 3.05) is 12.0 Å². The van der Waals surface area contributed by atoms with Gasteiger partial charge in [-0.15, -0.1) is 0 Å². The first kappa shape index (κ1) is 20.8. The molecule has 32 heavy (non-hydrogen) atoms. The molecular weight excluding hydrogens is 406 g/mol. The van der Waals surface area contributed by atoms with Gasteiger partial charge in [0.25, 0.3) is 0 Å². The molecule has 0 aliphatic carbocycles. The lowest BCUT2D eigenvalue weighted by Crippen LogP contribution is -2.33. The highest BCUT2D eigenvalue weighted by Gasteiger charge is 2.15. The van der Waals surface area contributed by atoms with Crippen molar-refractivity contribution in [3.05, 3.63) is 90.3 Å². The van der Waals surface area contributed by atoms with E-state index in [1.54, 1.807) is 30.6 Å². The maximum atomic E-state index is 11.6. The Balaban J connectivity index is 1.55. The number of ether oxygens (including phenoxy) is 2. The predicted molar refractivity (Wildman–Crippen MR) is 122 cm³/mol. The average Bonchev–Trinajstić information content (AvgIpc) is 2.83. The molecule has 4 rings (SSSR count). The minimum atomic E-state index is -0.372. The molecule has 3 N–H and O–H groups in total. The van der Waals surface area contributed by atoms with Crippen molar-refractivity contribution >= 4 is 34.3 Å². The van der Waals surface area contributed by atoms with Crippen LogP contribution in [0.2, 0.25) is 0 Å². The quantitative estimate of drug-likeness (QED) is 0.271. The van der Waals surface area contributed by atoms with Gasteiger partial charge in [-0.05, 0) is 58.8 Å². The fourth-order valence-corrected chi connectivity index (χ4v) is 3.23. The molecule has 0 aliphatic heterocycles. The van der Waals surface area contributed by atoms with E-state index in [1.807, 2.05) is 48.5 Å². The zero-order valence-electron chi connectivity index (χ0n) is 17.4. The molecule has 1 heterocycles. The Bertz CT molecular complexity index is 1260. The van der Waals surface area contributed by atoms with Gasteiger partial charge < -0.3 is 15.2 Å². The van der Waals surface area contributed by atoms with Crippen LogP contribution < -0.4 is 15.4 Å². The van der Waals surface area contributed by atoms with Crippen LogP contribution in [0.1, 0.15) is 15.9 Å². The summed E-state index contributed by atoms with van der Waals surface area (Å²) in [6.07, 6.45) is 3.20. The number of carbonyl (C=O) groups is 1. The van der Waals surface area contributed by atoms with E-state index in [0.29, 0.717) is 29.6 Å². The van der Waals surface area contributed by atoms with Crippen molar-refractivity contribution in [3.63, 3.8) is 0 Å². The summed E-state index contributed by atoms with van der Waals surface area (Å²) in [6, 6.07) is 20.3. The van der Waals surface area contributed by atoms with E-state index in [4.69, 9.17) is 20.6 Å². The molecule has 0 bridgehead atoms. The second-order valence-electron chi connectivity index (χ2n) is 6.94. The summed E-state index contributed by atoms with van der Waals surface area (Å²) in [7, 11) is 1.35. The summed E-state index contributed by atoms with van der Waals surface area (Å²) in [5, 5.41) is 9.90. The summed E-state index contributed by atoms with van der Waals surface area (Å²) < 4.78 is 10.7. The van der Waals surface area contributed by atoms with Gasteiger partial charge in [-0.25, -0.2) is 19.7 Å². The summed E-state index contributed by atoms with van der Waals surface area (Å²) in [5.41, 5.74) is 7.89. The molecule has 4 aromatic rings. The van der Waals surface area contributed by atoms with Gasteiger partial charge >= 0.3 is 5.97 Å². The number of fused-ring (bicyclic) bond motifs is 1. The molecule has 160 valence electrons. The zero-order chi connectivity index (χ0) is 22.5. The second kappa shape index (κ2) is 9.13. The van der Waals surface area contributed by atoms with Gasteiger partial charge in [0.2, 0.25) is 5.95 Å². The van der Waals surface area contributed by atoms with Crippen molar-refractivity contribution in [2.45, 2.75) is 6.61 Å². The molecule has 0 amide bonds. The van der Waals surface area contributed by atoms with Crippen molar-refractivity contribution in [2.24, 2.45) is 5.73 Å². The lowest BCUT2D eigenvalue weighted by Gasteiger charge is -2.20. The monoisotopic (exact) mass is 427 g/mol. The number of esters is 1. The molecule has 0 radical (unpaired) electrons. The summed E-state index contributed by atoms with van der Waals surface area (Å²) >= 11 is 0. The second-order valence-corrected chi connectivity index (χ2v) is 6.94. The van der Waals surface area contributed by atoms with Crippen LogP contribution in [0.5, 0.6) is 5.75 Å². The van der Waals surface area contributed by atoms with Gasteiger partial charge in [0.15, 0.2) is 5.96 Å². The molecule has 0 saturated carbocycles. The smallest absolute Gasteiger partial charge is 0.337 e. The van der Waals surface area contributed by atoms with Crippen molar-refractivity contribution in [1.82, 2.24) is 9.97 Å². The van der Waals surface area contributed by atoms with Gasteiger partial charge in [0.05, 0.1) is 18.4 Å². The Kier molecular flexibility index (Phi) is 5.94. The van der Waals surface area contributed by atoms with Gasteiger partial charge in [-0.3, -0.25) is 5.41 Å². The van der Waals surface area contributed by atoms with Crippen LogP contribution in [0.3, 0.4) is 0 Å². The topological polar surface area (TPSA) is 114 Å². The SMILES string of the molecule is COC(=O)c1ccc(COc2ccc3ccc(N(C(=N)N)c4ncccn4)cc3c2)cc1. The van der Waals surface area contributed by atoms with E-state index in [1.165, 1.54) is 12.0 Å². The number of nitrogens with one attached hydrogen (secondary N) is 1. The van der Waals surface area contributed by atoms with E-state index in [-0.39, 0.29) is 11.9 Å². The molecule has 1 aromatic heterocycles. The Morgan fingerprint density at radius 3 is 2.41 bits per heavy atom. The third kappa shape index (κ3) is 4.49. The molecule has 0 saturated heterocycles. The highest BCUT2D eigenvalue weighted by Crippen LogP contribution is 2.28. The normalized spacial score (nSPS) is 10.5. The van der Waals surface area contributed by atoms with Gasteiger partial charge in [-0.2, -0.15) is 0 Å². The van der Waals surface area contributed by atoms with Crippen LogP contribution in [-0.4, -0.2) is 29.0 Å². The first-order valence-corrected chi connectivity index (χ1v) is 9.80. The lowest BCUT2D eigenvalue weighted by molar-refractivity contribution is 0.0600. The molecule has 0 fully saturated rings. The Hall–Kier alpha value is -4.46. The van der Waals surface area contributed by atoms with Gasteiger partial charge in [0.1, 0.15) is 12.4 Å². The molecule has 8 heteroatoms. The van der Waals surface area contributed by atoms with Gasteiger partial charge in [0, 0.05) is 12.4 Å². The molecule has 8 nitrogen and oxygen atoms in total. The number of guanidine groups is 1. The van der Waals surface area contributed by atoms with E-state index in [9.17, 15) is 4.79 Å². The number of anilines is 2. The Morgan fingerprint density at radius 1 is 1.00 bits per heavy atom. The van der Waals surface area contributed by atoms with Crippen LogP contribution in [0, 0.1) is 5.41 Å². The first-order valence-electron chi connectivity index (χ1n) is 9.80. The Labute approximate surface area is 184 Å². The van der Waals surface area contributed by atoms with Crippen molar-refractivity contribution in [1.29, 1.82) is 5.41 Å². The third-order valence-electron chi connectivity index (χ3n) is 4.83. The molecule has 0 atom stereocenters. The number of carbonyl (C=O) groups excluding carboxylic acids is 1. The lowest BCUT2D eigenvalue weighted by atomic mass is 10.1. The van der Waals surface area contributed by atoms with E-state index in [2.05, 4.69) is 9.97 Å². The first-order chi connectivity index (χ1) is 15.5. The molecule has 0 spiro atoms. The number of nitrogens with two attached hydrogens (primary N) is 1. The highest BCUT2D eigenvalue weighted by molar-refractivity contribution is 6.00. The minimum absolute atomic E-state index is 0.182. The largest absolute Gasteiger partial charge is 0.489 e. The van der Waals surface area contributed by atoms with Crippen molar-refractivity contribution in [3.8, 4) is 5.75 Å². The predicted octanol–water partition coefficient (Wildman–Crippen LogP) is 4.03. The number of hydrogen-bond donors (Lipinski definition) is 2. The summed E-state index contributed by atoms with van der Waals surface area (Å²) in [6.45, 7) is 0.351. The van der Waals surface area contributed by atoms with E-state index >= 15 is 0 Å². The number of benzene rings is 3. The highest BCUT2D eigenvalue weighted by atomic mass is 16.5. The fraction of sp³-hybridized carbons (Fsp3) is 0.0833. The van der Waals surface area contributed by atoms with Crippen LogP contribution in [0.4, 0.5) is 11.6 Å². The molecule has 0 unspecified atom stereocenters.